The van der Waals surface area contributed by atoms with E-state index in [1.807, 2.05) is 12.1 Å². The summed E-state index contributed by atoms with van der Waals surface area (Å²) in [7, 11) is 3.30. The monoisotopic (exact) mass is 483 g/mol. The van der Waals surface area contributed by atoms with E-state index >= 15 is 0 Å². The molecule has 34 heavy (non-hydrogen) atoms. The van der Waals surface area contributed by atoms with Crippen molar-refractivity contribution in [2.75, 3.05) is 38.8 Å². The van der Waals surface area contributed by atoms with Gasteiger partial charge in [0, 0.05) is 37.6 Å². The molecule has 180 valence electrons. The van der Waals surface area contributed by atoms with E-state index in [-0.39, 0.29) is 0 Å². The molecular formula is C26H30ClN3O4. The van der Waals surface area contributed by atoms with Gasteiger partial charge in [-0.1, -0.05) is 30.3 Å². The van der Waals surface area contributed by atoms with E-state index in [2.05, 4.69) is 111 Å². The van der Waals surface area contributed by atoms with Crippen LogP contribution in [0, 0.1) is 10.2 Å². The Morgan fingerprint density at radius 2 is 1.29 bits per heavy atom. The Morgan fingerprint density at radius 3 is 1.74 bits per heavy atom. The van der Waals surface area contributed by atoms with Crippen LogP contribution in [0.25, 0.3) is 11.1 Å². The van der Waals surface area contributed by atoms with Crippen LogP contribution in [0.4, 0.5) is 11.4 Å². The van der Waals surface area contributed by atoms with Crippen molar-refractivity contribution in [1.82, 2.24) is 0 Å². The highest BCUT2D eigenvalue weighted by atomic mass is 35.7. The minimum absolute atomic E-state index is 0.782. The molecule has 1 aliphatic carbocycles. The third-order valence-electron chi connectivity index (χ3n) is 5.12. The molecule has 0 saturated heterocycles. The first-order valence-electron chi connectivity index (χ1n) is 10.4. The molecular weight excluding hydrogens is 454 g/mol. The van der Waals surface area contributed by atoms with E-state index in [1.54, 1.807) is 0 Å². The Balaban J connectivity index is 0.000000739. The summed E-state index contributed by atoms with van der Waals surface area (Å²) < 4.78 is 36.1. The minimum Gasteiger partial charge on any atom is -0.399 e. The van der Waals surface area contributed by atoms with Gasteiger partial charge in [0.1, 0.15) is 14.1 Å². The highest BCUT2D eigenvalue weighted by Crippen LogP contribution is 2.29. The third kappa shape index (κ3) is 8.62. The topological polar surface area (TPSA) is 125 Å². The summed E-state index contributed by atoms with van der Waals surface area (Å²) in [5, 5.41) is 0. The van der Waals surface area contributed by atoms with E-state index in [0.717, 1.165) is 5.69 Å². The van der Waals surface area contributed by atoms with Gasteiger partial charge < -0.3 is 10.6 Å². The summed E-state index contributed by atoms with van der Waals surface area (Å²) in [5.41, 5.74) is 15.0. The van der Waals surface area contributed by atoms with E-state index in [4.69, 9.17) is 24.4 Å². The number of nitrogen functional groups attached to an aromatic ring is 1. The molecule has 0 spiro atoms. The van der Waals surface area contributed by atoms with E-state index < -0.39 is 10.2 Å². The summed E-state index contributed by atoms with van der Waals surface area (Å²) in [6, 6.07) is 16.8. The van der Waals surface area contributed by atoms with Crippen molar-refractivity contribution >= 4 is 28.2 Å². The molecule has 0 unspecified atom stereocenters. The lowest BCUT2D eigenvalue weighted by atomic mass is 9.93. The maximum atomic E-state index is 8.49. The first kappa shape index (κ1) is 27.0. The standard InChI is InChI=1S/C26H29N3.ClHO4/c1-19(20-6-12-23(27)13-7-20)18-26(21-8-14-24(15-9-21)28(2)3)22-10-16-25(17-11-22)29(4)5;2-1(3,4)5/h6-18,27H,1-5H3;(H,2,3,4,5). The highest BCUT2D eigenvalue weighted by molar-refractivity contribution is 6.04. The molecule has 2 N–H and O–H groups in total. The van der Waals surface area contributed by atoms with Crippen molar-refractivity contribution in [1.29, 1.82) is 0 Å². The van der Waals surface area contributed by atoms with Crippen LogP contribution in [0.2, 0.25) is 0 Å². The van der Waals surface area contributed by atoms with Gasteiger partial charge in [0.2, 0.25) is 0 Å². The lowest BCUT2D eigenvalue weighted by molar-refractivity contribution is -2.00. The van der Waals surface area contributed by atoms with Crippen LogP contribution in [-0.2, 0) is 0 Å². The summed E-state index contributed by atoms with van der Waals surface area (Å²) in [5.74, 6) is 0. The van der Waals surface area contributed by atoms with Crippen molar-refractivity contribution in [3.63, 3.8) is 0 Å². The first-order valence-corrected chi connectivity index (χ1v) is 11.7. The fraction of sp³-hybridized carbons (Fsp3) is 0.192. The zero-order valence-electron chi connectivity index (χ0n) is 20.0. The fourth-order valence-corrected chi connectivity index (χ4v) is 3.26. The number of nitrogens with zero attached hydrogens (tertiary/aromatic N) is 2. The van der Waals surface area contributed by atoms with Gasteiger partial charge in [0.15, 0.2) is 5.71 Å². The molecule has 0 bridgehead atoms. The maximum absolute atomic E-state index is 8.49. The molecule has 0 aliphatic heterocycles. The predicted octanol–water partition coefficient (Wildman–Crippen LogP) is 0.275. The number of hydrogen-bond acceptors (Lipinski definition) is 6. The van der Waals surface area contributed by atoms with Crippen molar-refractivity contribution in [3.05, 3.63) is 95.6 Å². The summed E-state index contributed by atoms with van der Waals surface area (Å²) >= 11 is 0. The maximum Gasteiger partial charge on any atom is 0.199 e. The number of benzene rings is 2. The number of halogens is 1. The van der Waals surface area contributed by atoms with Crippen LogP contribution >= 0.6 is 0 Å². The van der Waals surface area contributed by atoms with Crippen LogP contribution in [0.3, 0.4) is 0 Å². The van der Waals surface area contributed by atoms with Gasteiger partial charge in [-0.2, -0.15) is 0 Å². The van der Waals surface area contributed by atoms with Gasteiger partial charge in [-0.25, -0.2) is 23.2 Å². The van der Waals surface area contributed by atoms with Gasteiger partial charge in [-0.05, 0) is 71.2 Å². The average molecular weight is 484 g/mol. The molecule has 0 saturated carbocycles. The third-order valence-corrected chi connectivity index (χ3v) is 5.12. The molecule has 0 heterocycles. The zero-order valence-corrected chi connectivity index (χ0v) is 20.7. The fourth-order valence-electron chi connectivity index (χ4n) is 3.26. The number of rotatable bonds is 4. The lowest BCUT2D eigenvalue weighted by Gasteiger charge is -2.17. The molecule has 0 aromatic heterocycles. The van der Waals surface area contributed by atoms with Crippen LogP contribution in [0.5, 0.6) is 0 Å². The van der Waals surface area contributed by atoms with E-state index in [0.29, 0.717) is 0 Å². The van der Waals surface area contributed by atoms with Gasteiger partial charge >= 0.3 is 0 Å². The Bertz CT molecular complexity index is 1110. The molecule has 7 nitrogen and oxygen atoms in total. The molecule has 2 aromatic rings. The quantitative estimate of drug-likeness (QED) is 0.491. The van der Waals surface area contributed by atoms with Crippen molar-refractivity contribution in [2.24, 2.45) is 0 Å². The zero-order chi connectivity index (χ0) is 25.5. The molecule has 1 aliphatic rings. The molecule has 0 atom stereocenters. The van der Waals surface area contributed by atoms with Crippen LogP contribution in [0.1, 0.15) is 18.1 Å². The number of hydrogen-bond donors (Lipinski definition) is 1. The molecule has 0 amide bonds. The van der Waals surface area contributed by atoms with Crippen LogP contribution in [-0.4, -0.2) is 38.5 Å². The SMILES string of the molecule is CC(=CC(=C1C=CC(=[N+](C)C)C=C1)c1ccc(N(C)C)cc1)c1ccc(N)cc1.[O-][Cl+3]([O-])([O-])[O-]. The Morgan fingerprint density at radius 1 is 0.824 bits per heavy atom. The highest BCUT2D eigenvalue weighted by Gasteiger charge is 2.11. The number of anilines is 2. The predicted molar refractivity (Wildman–Crippen MR) is 128 cm³/mol. The molecule has 0 fully saturated rings. The van der Waals surface area contributed by atoms with Gasteiger partial charge in [0.05, 0.1) is 0 Å². The lowest BCUT2D eigenvalue weighted by Crippen LogP contribution is -2.68. The van der Waals surface area contributed by atoms with Gasteiger partial charge in [-0.15, -0.1) is 10.2 Å². The molecule has 0 radical (unpaired) electrons. The second-order valence-electron chi connectivity index (χ2n) is 8.12. The van der Waals surface area contributed by atoms with Crippen molar-refractivity contribution < 1.29 is 33.5 Å². The minimum atomic E-state index is -4.94. The Kier molecular flexibility index (Phi) is 9.37. The first-order chi connectivity index (χ1) is 15.8. The Hall–Kier alpha value is -3.20. The van der Waals surface area contributed by atoms with Crippen molar-refractivity contribution in [3.8, 4) is 0 Å². The second-order valence-corrected chi connectivity index (χ2v) is 8.88. The number of allylic oxidation sites excluding steroid dienone is 8. The smallest absolute Gasteiger partial charge is 0.199 e. The molecule has 3 rings (SSSR count). The van der Waals surface area contributed by atoms with E-state index in [1.165, 1.54) is 39.2 Å². The van der Waals surface area contributed by atoms with Crippen LogP contribution < -0.4 is 29.3 Å². The van der Waals surface area contributed by atoms with Gasteiger partial charge in [0.25, 0.3) is 0 Å². The van der Waals surface area contributed by atoms with Gasteiger partial charge in [-0.3, -0.25) is 0 Å². The second kappa shape index (κ2) is 11.8. The van der Waals surface area contributed by atoms with Crippen molar-refractivity contribution in [2.45, 2.75) is 6.92 Å². The summed E-state index contributed by atoms with van der Waals surface area (Å²) in [4.78, 5) is 2.12. The number of nitrogens with two attached hydrogens (primary N) is 1. The largest absolute Gasteiger partial charge is 0.399 e. The Labute approximate surface area is 203 Å². The molecule has 8 heteroatoms. The van der Waals surface area contributed by atoms with E-state index in [9.17, 15) is 0 Å². The summed E-state index contributed by atoms with van der Waals surface area (Å²) in [6.45, 7) is 2.15. The normalized spacial score (nSPS) is 13.4. The molecule has 2 aromatic carbocycles. The summed E-state index contributed by atoms with van der Waals surface area (Å²) in [6.07, 6.45) is 11.0. The van der Waals surface area contributed by atoms with Crippen LogP contribution in [0.15, 0.2) is 84.5 Å². The average Bonchev–Trinajstić information content (AvgIpc) is 2.77.